The number of piperidine rings is 1. The fraction of sp³-hybridized carbons (Fsp3) is 0.588. The van der Waals surface area contributed by atoms with Crippen LogP contribution in [0, 0.1) is 18.3 Å². The van der Waals surface area contributed by atoms with Crippen LogP contribution in [0.4, 0.5) is 0 Å². The van der Waals surface area contributed by atoms with Gasteiger partial charge in [0, 0.05) is 23.5 Å². The fourth-order valence-electron chi connectivity index (χ4n) is 2.96. The topological polar surface area (TPSA) is 20.3 Å². The number of hydrogen-bond donors (Lipinski definition) is 1. The van der Waals surface area contributed by atoms with Crippen molar-refractivity contribution >= 4 is 18.5 Å². The number of amides is 1. The van der Waals surface area contributed by atoms with E-state index in [1.807, 2.05) is 30.0 Å². The van der Waals surface area contributed by atoms with Gasteiger partial charge in [-0.2, -0.15) is 0 Å². The van der Waals surface area contributed by atoms with Crippen LogP contribution in [-0.2, 0) is 0 Å². The minimum absolute atomic E-state index is 0.158. The summed E-state index contributed by atoms with van der Waals surface area (Å²) in [6.07, 6.45) is 2.21. The van der Waals surface area contributed by atoms with E-state index in [4.69, 9.17) is 0 Å². The van der Waals surface area contributed by atoms with E-state index < -0.39 is 0 Å². The Labute approximate surface area is 128 Å². The van der Waals surface area contributed by atoms with Crippen LogP contribution in [0.3, 0.4) is 0 Å². The zero-order valence-corrected chi connectivity index (χ0v) is 13.8. The SMILES string of the molecule is Cc1ccc(S)cc1C(=O)N1CCC(C(C)(C)C)CC1. The van der Waals surface area contributed by atoms with Gasteiger partial charge in [0.15, 0.2) is 0 Å². The molecule has 0 atom stereocenters. The van der Waals surface area contributed by atoms with Gasteiger partial charge in [0.25, 0.3) is 5.91 Å². The lowest BCUT2D eigenvalue weighted by Crippen LogP contribution is -2.41. The second-order valence-electron chi connectivity index (χ2n) is 6.93. The highest BCUT2D eigenvalue weighted by Crippen LogP contribution is 2.34. The van der Waals surface area contributed by atoms with E-state index in [-0.39, 0.29) is 5.91 Å². The summed E-state index contributed by atoms with van der Waals surface area (Å²) in [5.74, 6) is 0.870. The molecule has 0 spiro atoms. The van der Waals surface area contributed by atoms with Crippen LogP contribution in [0.2, 0.25) is 0 Å². The zero-order chi connectivity index (χ0) is 14.9. The Morgan fingerprint density at radius 2 is 1.85 bits per heavy atom. The smallest absolute Gasteiger partial charge is 0.254 e. The molecule has 0 N–H and O–H groups in total. The molecule has 0 aliphatic carbocycles. The summed E-state index contributed by atoms with van der Waals surface area (Å²) in [6.45, 7) is 10.6. The van der Waals surface area contributed by atoms with Gasteiger partial charge in [-0.25, -0.2) is 0 Å². The highest BCUT2D eigenvalue weighted by molar-refractivity contribution is 7.80. The first kappa shape index (κ1) is 15.4. The minimum atomic E-state index is 0.158. The zero-order valence-electron chi connectivity index (χ0n) is 12.9. The predicted molar refractivity (Wildman–Crippen MR) is 86.5 cm³/mol. The third-order valence-corrected chi connectivity index (χ3v) is 4.74. The average Bonchev–Trinajstić information content (AvgIpc) is 2.40. The maximum Gasteiger partial charge on any atom is 0.254 e. The van der Waals surface area contributed by atoms with Crippen molar-refractivity contribution in [3.05, 3.63) is 29.3 Å². The first-order chi connectivity index (χ1) is 9.29. The number of nitrogens with zero attached hydrogens (tertiary/aromatic N) is 1. The molecule has 1 amide bonds. The van der Waals surface area contributed by atoms with Crippen molar-refractivity contribution in [3.8, 4) is 0 Å². The molecule has 0 saturated carbocycles. The van der Waals surface area contributed by atoms with Crippen molar-refractivity contribution in [2.45, 2.75) is 45.4 Å². The molecule has 1 aliphatic rings. The van der Waals surface area contributed by atoms with Crippen LogP contribution < -0.4 is 0 Å². The molecule has 0 aromatic heterocycles. The van der Waals surface area contributed by atoms with Gasteiger partial charge in [-0.1, -0.05) is 26.8 Å². The van der Waals surface area contributed by atoms with Gasteiger partial charge >= 0.3 is 0 Å². The lowest BCUT2D eigenvalue weighted by molar-refractivity contribution is 0.0608. The number of rotatable bonds is 1. The first-order valence-electron chi connectivity index (χ1n) is 7.38. The van der Waals surface area contributed by atoms with Gasteiger partial charge in [-0.05, 0) is 48.8 Å². The Hall–Kier alpha value is -0.960. The number of benzene rings is 1. The van der Waals surface area contributed by atoms with E-state index in [0.29, 0.717) is 11.3 Å². The van der Waals surface area contributed by atoms with Crippen LogP contribution in [0.15, 0.2) is 23.1 Å². The third kappa shape index (κ3) is 3.38. The van der Waals surface area contributed by atoms with Crippen molar-refractivity contribution in [1.82, 2.24) is 4.90 Å². The standard InChI is InChI=1S/C17H25NOS/c1-12-5-6-14(20)11-15(12)16(19)18-9-7-13(8-10-18)17(2,3)4/h5-6,11,13,20H,7-10H2,1-4H3. The highest BCUT2D eigenvalue weighted by Gasteiger charge is 2.30. The Kier molecular flexibility index (Phi) is 4.48. The Balaban J connectivity index is 2.07. The largest absolute Gasteiger partial charge is 0.339 e. The molecule has 0 unspecified atom stereocenters. The van der Waals surface area contributed by atoms with E-state index >= 15 is 0 Å². The number of likely N-dealkylation sites (tertiary alicyclic amines) is 1. The summed E-state index contributed by atoms with van der Waals surface area (Å²) >= 11 is 4.34. The first-order valence-corrected chi connectivity index (χ1v) is 7.82. The molecule has 3 heteroatoms. The fourth-order valence-corrected chi connectivity index (χ4v) is 3.16. The molecule has 2 rings (SSSR count). The molecular weight excluding hydrogens is 266 g/mol. The van der Waals surface area contributed by atoms with E-state index in [0.717, 1.165) is 42.0 Å². The lowest BCUT2D eigenvalue weighted by Gasteiger charge is -2.39. The summed E-state index contributed by atoms with van der Waals surface area (Å²) < 4.78 is 0. The van der Waals surface area contributed by atoms with E-state index in [1.165, 1.54) is 0 Å². The molecule has 0 bridgehead atoms. The molecule has 20 heavy (non-hydrogen) atoms. The normalized spacial score (nSPS) is 17.4. The van der Waals surface area contributed by atoms with E-state index in [9.17, 15) is 4.79 Å². The molecule has 1 fully saturated rings. The highest BCUT2D eigenvalue weighted by atomic mass is 32.1. The molecule has 0 radical (unpaired) electrons. The lowest BCUT2D eigenvalue weighted by atomic mass is 9.75. The molecule has 1 aromatic carbocycles. The van der Waals surface area contributed by atoms with Crippen molar-refractivity contribution < 1.29 is 4.79 Å². The van der Waals surface area contributed by atoms with Crippen molar-refractivity contribution in [1.29, 1.82) is 0 Å². The van der Waals surface area contributed by atoms with Crippen LogP contribution in [0.5, 0.6) is 0 Å². The molecule has 1 saturated heterocycles. The van der Waals surface area contributed by atoms with Gasteiger partial charge in [0.2, 0.25) is 0 Å². The van der Waals surface area contributed by atoms with Gasteiger partial charge in [0.05, 0.1) is 0 Å². The van der Waals surface area contributed by atoms with Crippen molar-refractivity contribution in [2.24, 2.45) is 11.3 Å². The summed E-state index contributed by atoms with van der Waals surface area (Å²) in [5.41, 5.74) is 2.17. The summed E-state index contributed by atoms with van der Waals surface area (Å²) in [7, 11) is 0. The predicted octanol–water partition coefficient (Wildman–Crippen LogP) is 4.18. The number of aryl methyl sites for hydroxylation is 1. The average molecular weight is 291 g/mol. The number of carbonyl (C=O) groups excluding carboxylic acids is 1. The second-order valence-corrected chi connectivity index (χ2v) is 7.45. The number of carbonyl (C=O) groups is 1. The second kappa shape index (κ2) is 5.80. The van der Waals surface area contributed by atoms with E-state index in [2.05, 4.69) is 33.4 Å². The molecule has 2 nitrogen and oxygen atoms in total. The van der Waals surface area contributed by atoms with Crippen molar-refractivity contribution in [3.63, 3.8) is 0 Å². The summed E-state index contributed by atoms with van der Waals surface area (Å²) in [5, 5.41) is 0. The quantitative estimate of drug-likeness (QED) is 0.770. The summed E-state index contributed by atoms with van der Waals surface area (Å²) in [4.78, 5) is 15.5. The van der Waals surface area contributed by atoms with Crippen LogP contribution in [0.25, 0.3) is 0 Å². The Morgan fingerprint density at radius 3 is 2.40 bits per heavy atom. The van der Waals surface area contributed by atoms with Gasteiger partial charge < -0.3 is 4.90 Å². The van der Waals surface area contributed by atoms with Crippen LogP contribution in [0.1, 0.15) is 49.5 Å². The maximum absolute atomic E-state index is 12.6. The Bertz CT molecular complexity index is 496. The van der Waals surface area contributed by atoms with Gasteiger partial charge in [0.1, 0.15) is 0 Å². The molecular formula is C17H25NOS. The third-order valence-electron chi connectivity index (χ3n) is 4.46. The summed E-state index contributed by atoms with van der Waals surface area (Å²) in [6, 6.07) is 5.79. The van der Waals surface area contributed by atoms with Gasteiger partial charge in [-0.3, -0.25) is 4.79 Å². The molecule has 1 aromatic rings. The monoisotopic (exact) mass is 291 g/mol. The Morgan fingerprint density at radius 1 is 1.25 bits per heavy atom. The van der Waals surface area contributed by atoms with E-state index in [1.54, 1.807) is 0 Å². The van der Waals surface area contributed by atoms with Crippen LogP contribution in [-0.4, -0.2) is 23.9 Å². The van der Waals surface area contributed by atoms with Crippen LogP contribution >= 0.6 is 12.6 Å². The van der Waals surface area contributed by atoms with Gasteiger partial charge in [-0.15, -0.1) is 12.6 Å². The number of thiol groups is 1. The number of hydrogen-bond acceptors (Lipinski definition) is 2. The molecule has 110 valence electrons. The molecule has 1 aliphatic heterocycles. The molecule has 1 heterocycles. The minimum Gasteiger partial charge on any atom is -0.339 e. The van der Waals surface area contributed by atoms with Crippen molar-refractivity contribution in [2.75, 3.05) is 13.1 Å². The maximum atomic E-state index is 12.6.